The first kappa shape index (κ1) is 14.0. The summed E-state index contributed by atoms with van der Waals surface area (Å²) in [6.07, 6.45) is -4.04. The molecule has 0 aromatic heterocycles. The van der Waals surface area contributed by atoms with Crippen LogP contribution < -0.4 is 0 Å². The molecule has 2 aliphatic rings. The molecule has 7 heteroatoms. The zero-order chi connectivity index (χ0) is 12.6. The summed E-state index contributed by atoms with van der Waals surface area (Å²) in [6.45, 7) is 3.69. The van der Waals surface area contributed by atoms with Crippen molar-refractivity contribution in [1.82, 2.24) is 0 Å². The van der Waals surface area contributed by atoms with Crippen LogP contribution in [-0.4, -0.2) is 71.8 Å². The molecule has 0 bridgehead atoms. The zero-order valence-electron chi connectivity index (χ0n) is 10.1. The molecular weight excluding hydrogens is 335 g/mol. The maximum absolute atomic E-state index is 10.0. The molecule has 100 valence electrons. The van der Waals surface area contributed by atoms with Crippen molar-refractivity contribution in [3.63, 3.8) is 0 Å². The summed E-state index contributed by atoms with van der Waals surface area (Å²) in [5.74, 6) is 0. The van der Waals surface area contributed by atoms with E-state index in [1.165, 1.54) is 0 Å². The van der Waals surface area contributed by atoms with Gasteiger partial charge in [-0.15, -0.1) is 0 Å². The first-order valence-corrected chi connectivity index (χ1v) is 12.4. The van der Waals surface area contributed by atoms with Gasteiger partial charge in [-0.25, -0.2) is 0 Å². The van der Waals surface area contributed by atoms with Crippen molar-refractivity contribution >= 4 is 19.2 Å². The van der Waals surface area contributed by atoms with Crippen LogP contribution in [-0.2, 0) is 10.9 Å². The fraction of sp³-hybridized carbons (Fsp3) is 1.00. The van der Waals surface area contributed by atoms with Gasteiger partial charge in [0.05, 0.1) is 0 Å². The second-order valence-electron chi connectivity index (χ2n) is 4.52. The molecule has 6 nitrogen and oxygen atoms in total. The van der Waals surface area contributed by atoms with Crippen LogP contribution in [0.1, 0.15) is 13.8 Å². The number of hydrogen-bond acceptors (Lipinski definition) is 6. The van der Waals surface area contributed by atoms with E-state index in [9.17, 15) is 10.2 Å². The molecule has 2 fully saturated rings. The minimum absolute atomic E-state index is 0.342. The van der Waals surface area contributed by atoms with E-state index >= 15 is 0 Å². The second kappa shape index (κ2) is 5.28. The Morgan fingerprint density at radius 2 is 1.65 bits per heavy atom. The first-order valence-electron chi connectivity index (χ1n) is 6.05. The van der Waals surface area contributed by atoms with E-state index in [4.69, 9.17) is 16.0 Å². The Labute approximate surface area is 105 Å². The van der Waals surface area contributed by atoms with Gasteiger partial charge in [0.1, 0.15) is 0 Å². The molecule has 0 spiro atoms. The van der Waals surface area contributed by atoms with Gasteiger partial charge < -0.3 is 0 Å². The summed E-state index contributed by atoms with van der Waals surface area (Å²) in [5.41, 5.74) is 0. The van der Waals surface area contributed by atoms with Crippen LogP contribution in [0.2, 0.25) is 8.87 Å². The van der Waals surface area contributed by atoms with Gasteiger partial charge in [0.25, 0.3) is 0 Å². The van der Waals surface area contributed by atoms with Crippen LogP contribution in [0.5, 0.6) is 0 Å². The van der Waals surface area contributed by atoms with Gasteiger partial charge in [-0.05, 0) is 0 Å². The maximum atomic E-state index is 10.0. The first-order chi connectivity index (χ1) is 8.06. The van der Waals surface area contributed by atoms with Crippen molar-refractivity contribution in [1.29, 1.82) is 0 Å². The fourth-order valence-corrected chi connectivity index (χ4v) is 10.2. The molecule has 2 heterocycles. The van der Waals surface area contributed by atoms with Crippen LogP contribution in [0.15, 0.2) is 0 Å². The van der Waals surface area contributed by atoms with Crippen molar-refractivity contribution in [3.8, 4) is 0 Å². The Morgan fingerprint density at radius 1 is 1.06 bits per heavy atom. The van der Waals surface area contributed by atoms with Gasteiger partial charge in [-0.2, -0.15) is 0 Å². The fourth-order valence-electron chi connectivity index (χ4n) is 2.43. The van der Waals surface area contributed by atoms with E-state index in [0.717, 1.165) is 8.87 Å². The summed E-state index contributed by atoms with van der Waals surface area (Å²) in [4.78, 5) is 0. The van der Waals surface area contributed by atoms with Crippen molar-refractivity contribution in [3.05, 3.63) is 0 Å². The van der Waals surface area contributed by atoms with Crippen molar-refractivity contribution < 1.29 is 26.2 Å². The number of fused-ring (bicyclic) bond motifs is 1. The number of aliphatic hydroxyl groups is 3. The van der Waals surface area contributed by atoms with Gasteiger partial charge in [-0.1, -0.05) is 0 Å². The average Bonchev–Trinajstić information content (AvgIpc) is 2.75. The summed E-state index contributed by atoms with van der Waals surface area (Å²) in [6, 6.07) is 0. The van der Waals surface area contributed by atoms with Crippen LogP contribution >= 0.6 is 0 Å². The summed E-state index contributed by atoms with van der Waals surface area (Å²) < 4.78 is 18.6. The molecule has 0 aromatic carbocycles. The minimum atomic E-state index is -3.11. The molecule has 5 unspecified atom stereocenters. The SMILES string of the molecule is C[CH2][Sn]1([CH2]C)[O]C2C(O)OC(CO)C(O)C2[O]1. The van der Waals surface area contributed by atoms with Gasteiger partial charge >= 0.3 is 105 Å². The zero-order valence-corrected chi connectivity index (χ0v) is 12.9. The monoisotopic (exact) mass is 356 g/mol. The number of ether oxygens (including phenoxy) is 1. The van der Waals surface area contributed by atoms with Gasteiger partial charge in [0.15, 0.2) is 0 Å². The molecule has 0 aliphatic carbocycles. The molecule has 5 atom stereocenters. The normalized spacial score (nSPS) is 44.6. The van der Waals surface area contributed by atoms with E-state index in [2.05, 4.69) is 0 Å². The third-order valence-corrected chi connectivity index (χ3v) is 13.8. The van der Waals surface area contributed by atoms with E-state index < -0.39 is 49.9 Å². The van der Waals surface area contributed by atoms with Crippen LogP contribution in [0.4, 0.5) is 0 Å². The summed E-state index contributed by atoms with van der Waals surface area (Å²) in [7, 11) is 0. The number of hydrogen-bond donors (Lipinski definition) is 3. The van der Waals surface area contributed by atoms with E-state index in [-0.39, 0.29) is 6.61 Å². The van der Waals surface area contributed by atoms with Crippen molar-refractivity contribution in [2.75, 3.05) is 6.61 Å². The van der Waals surface area contributed by atoms with Gasteiger partial charge in [-0.3, -0.25) is 0 Å². The molecule has 3 N–H and O–H groups in total. The Hall–Kier alpha value is 0.559. The Balaban J connectivity index is 2.17. The molecule has 2 saturated heterocycles. The third kappa shape index (κ3) is 2.36. The topological polar surface area (TPSA) is 88.4 Å². The molecule has 17 heavy (non-hydrogen) atoms. The van der Waals surface area contributed by atoms with E-state index in [0.29, 0.717) is 0 Å². The molecule has 0 amide bonds. The number of rotatable bonds is 3. The molecule has 0 saturated carbocycles. The predicted octanol–water partition coefficient (Wildman–Crippen LogP) is -0.677. The Bertz CT molecular complexity index is 272. The predicted molar refractivity (Wildman–Crippen MR) is 60.4 cm³/mol. The Morgan fingerprint density at radius 3 is 2.18 bits per heavy atom. The second-order valence-corrected chi connectivity index (χ2v) is 15.1. The molecular formula is C10H20O6Sn. The summed E-state index contributed by atoms with van der Waals surface area (Å²) in [5, 5.41) is 28.9. The molecule has 2 rings (SSSR count). The van der Waals surface area contributed by atoms with Gasteiger partial charge in [0.2, 0.25) is 0 Å². The average molecular weight is 355 g/mol. The van der Waals surface area contributed by atoms with Crippen molar-refractivity contribution in [2.45, 2.75) is 53.4 Å². The van der Waals surface area contributed by atoms with Crippen LogP contribution in [0, 0.1) is 0 Å². The Kier molecular flexibility index (Phi) is 4.34. The van der Waals surface area contributed by atoms with Crippen LogP contribution in [0.25, 0.3) is 0 Å². The quantitative estimate of drug-likeness (QED) is 0.582. The number of aliphatic hydroxyl groups excluding tert-OH is 3. The standard InChI is InChI=1S/C6H10O6.2C2H5.Sn/c7-1-2-3(8)4(9)5(10)6(11)12-2;2*1-2;/h2-8,11H,1H2;2*1H2,2H3;/q-2;;;+2. The molecule has 2 aliphatic heterocycles. The van der Waals surface area contributed by atoms with Crippen LogP contribution in [0.3, 0.4) is 0 Å². The third-order valence-electron chi connectivity index (χ3n) is 3.60. The molecule has 0 radical (unpaired) electrons. The van der Waals surface area contributed by atoms with Crippen molar-refractivity contribution in [2.24, 2.45) is 0 Å². The van der Waals surface area contributed by atoms with E-state index in [1.54, 1.807) is 0 Å². The van der Waals surface area contributed by atoms with Gasteiger partial charge in [0, 0.05) is 0 Å². The summed E-state index contributed by atoms with van der Waals surface area (Å²) >= 11 is -3.11. The van der Waals surface area contributed by atoms with E-state index in [1.807, 2.05) is 13.8 Å². The molecule has 0 aromatic rings.